The Morgan fingerprint density at radius 2 is 1.53 bits per heavy atom. The van der Waals surface area contributed by atoms with E-state index in [4.69, 9.17) is 0 Å². The number of carboxylic acids is 1. The summed E-state index contributed by atoms with van der Waals surface area (Å²) in [7, 11) is 1.75. The normalized spacial score (nSPS) is 16.9. The van der Waals surface area contributed by atoms with Crippen molar-refractivity contribution in [1.82, 2.24) is 4.90 Å². The molecule has 1 amide bonds. The average Bonchev–Trinajstić information content (AvgIpc) is 2.24. The minimum atomic E-state index is -1.01. The summed E-state index contributed by atoms with van der Waals surface area (Å²) in [5.74, 6) is -1.11. The molecule has 2 unspecified atom stereocenters. The zero-order valence-electron chi connectivity index (χ0n) is 13.6. The predicted octanol–water partition coefficient (Wildman–Crippen LogP) is 3.02. The molecule has 0 aromatic carbocycles. The Morgan fingerprint density at radius 1 is 1.11 bits per heavy atom. The molecule has 2 atom stereocenters. The molecular weight excluding hydrogens is 242 g/mol. The summed E-state index contributed by atoms with van der Waals surface area (Å²) < 4.78 is 0. The summed E-state index contributed by atoms with van der Waals surface area (Å²) in [5.41, 5.74) is -1.04. The van der Waals surface area contributed by atoms with Gasteiger partial charge in [-0.15, -0.1) is 0 Å². The van der Waals surface area contributed by atoms with Crippen LogP contribution in [0, 0.1) is 16.7 Å². The van der Waals surface area contributed by atoms with Crippen molar-refractivity contribution in [2.24, 2.45) is 16.7 Å². The molecule has 4 heteroatoms. The van der Waals surface area contributed by atoms with Gasteiger partial charge in [0.05, 0.1) is 5.41 Å². The Balaban J connectivity index is 5.00. The van der Waals surface area contributed by atoms with Crippen LogP contribution in [0.2, 0.25) is 0 Å². The van der Waals surface area contributed by atoms with Crippen LogP contribution in [0.15, 0.2) is 0 Å². The third-order valence-corrected chi connectivity index (χ3v) is 4.51. The molecule has 0 saturated carbocycles. The maximum absolute atomic E-state index is 12.3. The highest BCUT2D eigenvalue weighted by Crippen LogP contribution is 2.33. The van der Waals surface area contributed by atoms with Crippen LogP contribution in [0.4, 0.5) is 0 Å². The van der Waals surface area contributed by atoms with E-state index in [1.165, 1.54) is 0 Å². The molecule has 0 saturated heterocycles. The molecule has 0 heterocycles. The van der Waals surface area contributed by atoms with Gasteiger partial charge >= 0.3 is 5.97 Å². The third-order valence-electron chi connectivity index (χ3n) is 4.51. The molecule has 0 aromatic rings. The minimum Gasteiger partial charge on any atom is -0.481 e. The lowest BCUT2D eigenvalue weighted by Crippen LogP contribution is -2.46. The first-order valence-corrected chi connectivity index (χ1v) is 6.83. The van der Waals surface area contributed by atoms with Crippen molar-refractivity contribution in [3.05, 3.63) is 0 Å². The van der Waals surface area contributed by atoms with Gasteiger partial charge in [-0.3, -0.25) is 9.59 Å². The van der Waals surface area contributed by atoms with Crippen LogP contribution in [0.3, 0.4) is 0 Å². The van der Waals surface area contributed by atoms with Crippen LogP contribution in [-0.4, -0.2) is 35.0 Å². The van der Waals surface area contributed by atoms with E-state index in [0.717, 1.165) is 0 Å². The van der Waals surface area contributed by atoms with E-state index in [1.807, 2.05) is 20.8 Å². The lowest BCUT2D eigenvalue weighted by Gasteiger charge is -2.37. The molecule has 0 aromatic heterocycles. The number of aliphatic carboxylic acids is 1. The van der Waals surface area contributed by atoms with E-state index in [2.05, 4.69) is 20.8 Å². The van der Waals surface area contributed by atoms with Crippen molar-refractivity contribution in [2.45, 2.75) is 60.9 Å². The first-order chi connectivity index (χ1) is 8.34. The van der Waals surface area contributed by atoms with Crippen LogP contribution in [0.5, 0.6) is 0 Å². The summed E-state index contributed by atoms with van der Waals surface area (Å²) in [6, 6.07) is 0.0604. The maximum Gasteiger partial charge on any atom is 0.310 e. The van der Waals surface area contributed by atoms with Gasteiger partial charge in [0.1, 0.15) is 0 Å². The average molecular weight is 271 g/mol. The summed E-state index contributed by atoms with van der Waals surface area (Å²) in [5, 5.41) is 9.36. The van der Waals surface area contributed by atoms with E-state index < -0.39 is 11.4 Å². The first-order valence-electron chi connectivity index (χ1n) is 6.83. The first kappa shape index (κ1) is 17.9. The molecule has 0 bridgehead atoms. The van der Waals surface area contributed by atoms with E-state index in [0.29, 0.717) is 0 Å². The number of hydrogen-bond acceptors (Lipinski definition) is 2. The molecule has 0 rings (SSSR count). The molecule has 19 heavy (non-hydrogen) atoms. The lowest BCUT2D eigenvalue weighted by molar-refractivity contribution is -0.156. The van der Waals surface area contributed by atoms with Crippen LogP contribution in [0.1, 0.15) is 54.9 Å². The number of amides is 1. The molecule has 0 spiro atoms. The molecule has 4 nitrogen and oxygen atoms in total. The second kappa shape index (κ2) is 5.93. The van der Waals surface area contributed by atoms with Gasteiger partial charge in [-0.25, -0.2) is 0 Å². The van der Waals surface area contributed by atoms with Gasteiger partial charge in [0.15, 0.2) is 0 Å². The highest BCUT2D eigenvalue weighted by atomic mass is 16.4. The second-order valence-corrected chi connectivity index (χ2v) is 7.10. The summed E-state index contributed by atoms with van der Waals surface area (Å²) in [6.45, 7) is 13.5. The molecule has 1 N–H and O–H groups in total. The zero-order chi connectivity index (χ0) is 15.6. The minimum absolute atomic E-state index is 0.0259. The fraction of sp³-hybridized carbons (Fsp3) is 0.867. The fourth-order valence-electron chi connectivity index (χ4n) is 1.76. The van der Waals surface area contributed by atoms with Crippen molar-refractivity contribution in [2.75, 3.05) is 7.05 Å². The molecule has 0 radical (unpaired) electrons. The van der Waals surface area contributed by atoms with Gasteiger partial charge < -0.3 is 10.0 Å². The summed E-state index contributed by atoms with van der Waals surface area (Å²) in [4.78, 5) is 25.4. The predicted molar refractivity (Wildman–Crippen MR) is 76.9 cm³/mol. The highest BCUT2D eigenvalue weighted by Gasteiger charge is 2.40. The van der Waals surface area contributed by atoms with Crippen LogP contribution < -0.4 is 0 Å². The van der Waals surface area contributed by atoms with Crippen molar-refractivity contribution in [3.63, 3.8) is 0 Å². The number of carboxylic acid groups (broad SMARTS) is 1. The number of rotatable bonds is 5. The number of carbonyl (C=O) groups is 2. The van der Waals surface area contributed by atoms with Gasteiger partial charge in [0.25, 0.3) is 0 Å². The van der Waals surface area contributed by atoms with E-state index in [-0.39, 0.29) is 29.7 Å². The van der Waals surface area contributed by atoms with Crippen LogP contribution >= 0.6 is 0 Å². The highest BCUT2D eigenvalue weighted by molar-refractivity contribution is 5.85. The zero-order valence-corrected chi connectivity index (χ0v) is 13.6. The standard InChI is InChI=1S/C15H29NO3/c1-10(2)15(7,13(18)19)9-12(17)16(8)11(3)14(4,5)6/h10-11H,9H2,1-8H3,(H,18,19). The number of carbonyl (C=O) groups excluding carboxylic acids is 1. The fourth-order valence-corrected chi connectivity index (χ4v) is 1.76. The monoisotopic (exact) mass is 271 g/mol. The Kier molecular flexibility index (Phi) is 5.60. The van der Waals surface area contributed by atoms with E-state index in [1.54, 1.807) is 18.9 Å². The third kappa shape index (κ3) is 4.22. The topological polar surface area (TPSA) is 57.6 Å². The van der Waals surface area contributed by atoms with E-state index >= 15 is 0 Å². The van der Waals surface area contributed by atoms with Crippen molar-refractivity contribution in [3.8, 4) is 0 Å². The summed E-state index contributed by atoms with van der Waals surface area (Å²) in [6.07, 6.45) is 0.0386. The van der Waals surface area contributed by atoms with Gasteiger partial charge in [-0.2, -0.15) is 0 Å². The molecule has 0 aliphatic rings. The van der Waals surface area contributed by atoms with Gasteiger partial charge in [-0.05, 0) is 25.2 Å². The van der Waals surface area contributed by atoms with Crippen LogP contribution in [0.25, 0.3) is 0 Å². The largest absolute Gasteiger partial charge is 0.481 e. The summed E-state index contributed by atoms with van der Waals surface area (Å²) >= 11 is 0. The molecular formula is C15H29NO3. The Labute approximate surface area is 117 Å². The second-order valence-electron chi connectivity index (χ2n) is 7.10. The lowest BCUT2D eigenvalue weighted by atomic mass is 9.75. The van der Waals surface area contributed by atoms with E-state index in [9.17, 15) is 14.7 Å². The Bertz CT molecular complexity index is 344. The van der Waals surface area contributed by atoms with Gasteiger partial charge in [0, 0.05) is 19.5 Å². The van der Waals surface area contributed by atoms with Crippen LogP contribution in [-0.2, 0) is 9.59 Å². The maximum atomic E-state index is 12.3. The Morgan fingerprint density at radius 3 is 1.79 bits per heavy atom. The molecule has 0 aliphatic carbocycles. The van der Waals surface area contributed by atoms with Gasteiger partial charge in [0.2, 0.25) is 5.91 Å². The van der Waals surface area contributed by atoms with Crippen molar-refractivity contribution >= 4 is 11.9 Å². The smallest absolute Gasteiger partial charge is 0.310 e. The molecule has 0 aliphatic heterocycles. The quantitative estimate of drug-likeness (QED) is 0.836. The molecule has 112 valence electrons. The SMILES string of the molecule is CC(N(C)C(=O)CC(C)(C(=O)O)C(C)C)C(C)(C)C. The number of nitrogens with zero attached hydrogens (tertiary/aromatic N) is 1. The van der Waals surface area contributed by atoms with Crippen molar-refractivity contribution in [1.29, 1.82) is 0 Å². The molecule has 0 fully saturated rings. The van der Waals surface area contributed by atoms with Gasteiger partial charge in [-0.1, -0.05) is 34.6 Å². The number of hydrogen-bond donors (Lipinski definition) is 1. The Hall–Kier alpha value is -1.06. The van der Waals surface area contributed by atoms with Crippen molar-refractivity contribution < 1.29 is 14.7 Å².